The van der Waals surface area contributed by atoms with E-state index in [-0.39, 0.29) is 12.6 Å². The van der Waals surface area contributed by atoms with Crippen molar-refractivity contribution in [3.8, 4) is 11.5 Å². The first-order chi connectivity index (χ1) is 13.2. The third-order valence-electron chi connectivity index (χ3n) is 3.97. The number of anilines is 3. The van der Waals surface area contributed by atoms with E-state index in [0.29, 0.717) is 29.6 Å². The summed E-state index contributed by atoms with van der Waals surface area (Å²) in [7, 11) is 3.20. The zero-order chi connectivity index (χ0) is 19.1. The quantitative estimate of drug-likeness (QED) is 0.527. The van der Waals surface area contributed by atoms with Gasteiger partial charge >= 0.3 is 0 Å². The molecule has 1 atom stereocenters. The van der Waals surface area contributed by atoms with Crippen LogP contribution in [0.15, 0.2) is 53.4 Å². The van der Waals surface area contributed by atoms with E-state index < -0.39 is 0 Å². The summed E-state index contributed by atoms with van der Waals surface area (Å²) in [5.41, 5.74) is 0.751. The fourth-order valence-electron chi connectivity index (χ4n) is 2.63. The smallest absolute Gasteiger partial charge is 0.146 e. The van der Waals surface area contributed by atoms with Gasteiger partial charge in [0.2, 0.25) is 0 Å². The Hall–Kier alpha value is -3.26. The van der Waals surface area contributed by atoms with E-state index in [1.165, 1.54) is 6.33 Å². The van der Waals surface area contributed by atoms with E-state index in [2.05, 4.69) is 20.6 Å². The maximum Gasteiger partial charge on any atom is 0.146 e. The summed E-state index contributed by atoms with van der Waals surface area (Å²) in [5, 5.41) is 15.8. The topological polar surface area (TPSA) is 102 Å². The summed E-state index contributed by atoms with van der Waals surface area (Å²) < 4.78 is 16.0. The minimum Gasteiger partial charge on any atom is -0.497 e. The Kier molecular flexibility index (Phi) is 6.11. The van der Waals surface area contributed by atoms with Gasteiger partial charge in [0, 0.05) is 18.7 Å². The van der Waals surface area contributed by atoms with Crippen LogP contribution >= 0.6 is 0 Å². The number of nitrogens with one attached hydrogen (secondary N) is 2. The van der Waals surface area contributed by atoms with Gasteiger partial charge in [-0.1, -0.05) is 0 Å². The first kappa shape index (κ1) is 18.5. The lowest BCUT2D eigenvalue weighted by Crippen LogP contribution is -2.13. The van der Waals surface area contributed by atoms with E-state index in [1.807, 2.05) is 24.3 Å². The van der Waals surface area contributed by atoms with Crippen molar-refractivity contribution in [2.24, 2.45) is 0 Å². The minimum absolute atomic E-state index is 0.0254. The third-order valence-corrected chi connectivity index (χ3v) is 3.97. The average molecular weight is 370 g/mol. The van der Waals surface area contributed by atoms with Crippen LogP contribution in [0.5, 0.6) is 11.5 Å². The predicted octanol–water partition coefficient (Wildman–Crippen LogP) is 3.37. The second-order valence-corrected chi connectivity index (χ2v) is 5.70. The number of aliphatic hydroxyl groups is 1. The molecule has 0 radical (unpaired) electrons. The second kappa shape index (κ2) is 8.91. The first-order valence-corrected chi connectivity index (χ1v) is 8.45. The minimum atomic E-state index is -0.191. The molecule has 8 nitrogen and oxygen atoms in total. The maximum absolute atomic E-state index is 9.31. The lowest BCUT2D eigenvalue weighted by atomic mass is 10.1. The van der Waals surface area contributed by atoms with Crippen molar-refractivity contribution in [3.05, 3.63) is 54.7 Å². The van der Waals surface area contributed by atoms with Gasteiger partial charge in [0.1, 0.15) is 35.2 Å². The summed E-state index contributed by atoms with van der Waals surface area (Å²) in [5.74, 6) is 3.27. The Labute approximate surface area is 157 Å². The van der Waals surface area contributed by atoms with Crippen molar-refractivity contribution in [1.29, 1.82) is 0 Å². The highest BCUT2D eigenvalue weighted by Gasteiger charge is 2.15. The van der Waals surface area contributed by atoms with Gasteiger partial charge < -0.3 is 29.6 Å². The van der Waals surface area contributed by atoms with Crippen molar-refractivity contribution < 1.29 is 19.0 Å². The molecule has 2 heterocycles. The van der Waals surface area contributed by atoms with Gasteiger partial charge in [0.25, 0.3) is 0 Å². The van der Waals surface area contributed by atoms with Crippen molar-refractivity contribution in [2.75, 3.05) is 31.5 Å². The molecule has 0 saturated heterocycles. The van der Waals surface area contributed by atoms with Crippen molar-refractivity contribution in [2.45, 2.75) is 12.5 Å². The van der Waals surface area contributed by atoms with Crippen LogP contribution in [0.1, 0.15) is 18.2 Å². The fraction of sp³-hybridized carbons (Fsp3) is 0.263. The molecule has 8 heteroatoms. The zero-order valence-electron chi connectivity index (χ0n) is 15.2. The molecule has 0 fully saturated rings. The molecular weight excluding hydrogens is 348 g/mol. The monoisotopic (exact) mass is 370 g/mol. The molecular formula is C19H22N4O4. The van der Waals surface area contributed by atoms with Crippen LogP contribution in [0.25, 0.3) is 0 Å². The lowest BCUT2D eigenvalue weighted by molar-refractivity contribution is 0.273. The van der Waals surface area contributed by atoms with Crippen molar-refractivity contribution >= 4 is 17.3 Å². The Balaban J connectivity index is 1.77. The fourth-order valence-corrected chi connectivity index (χ4v) is 2.63. The van der Waals surface area contributed by atoms with Crippen LogP contribution in [0.2, 0.25) is 0 Å². The van der Waals surface area contributed by atoms with Gasteiger partial charge in [-0.2, -0.15) is 0 Å². The molecule has 0 aliphatic heterocycles. The van der Waals surface area contributed by atoms with Crippen LogP contribution in [-0.4, -0.2) is 35.9 Å². The largest absolute Gasteiger partial charge is 0.497 e. The van der Waals surface area contributed by atoms with Gasteiger partial charge in [-0.15, -0.1) is 0 Å². The number of benzene rings is 1. The van der Waals surface area contributed by atoms with Crippen molar-refractivity contribution in [1.82, 2.24) is 9.97 Å². The van der Waals surface area contributed by atoms with Gasteiger partial charge in [0.05, 0.1) is 32.2 Å². The van der Waals surface area contributed by atoms with Gasteiger partial charge in [0.15, 0.2) is 0 Å². The highest BCUT2D eigenvalue weighted by molar-refractivity contribution is 5.66. The normalized spacial score (nSPS) is 11.7. The number of furan rings is 1. The molecule has 1 aromatic carbocycles. The summed E-state index contributed by atoms with van der Waals surface area (Å²) in [6.07, 6.45) is 3.55. The molecule has 0 amide bonds. The molecule has 3 N–H and O–H groups in total. The molecule has 3 aromatic rings. The molecule has 0 saturated carbocycles. The molecule has 27 heavy (non-hydrogen) atoms. The standard InChI is InChI=1S/C19H22N4O4/c1-25-13-5-6-14(17(10-13)26-2)22-18-11-19(21-12-20-18)23-15(7-8-24)16-4-3-9-27-16/h3-6,9-12,15,24H,7-8H2,1-2H3,(H2,20,21,22,23). The summed E-state index contributed by atoms with van der Waals surface area (Å²) >= 11 is 0. The molecule has 0 aliphatic rings. The molecule has 0 aliphatic carbocycles. The molecule has 0 spiro atoms. The highest BCUT2D eigenvalue weighted by Crippen LogP contribution is 2.31. The first-order valence-electron chi connectivity index (χ1n) is 8.45. The number of methoxy groups -OCH3 is 2. The van der Waals surface area contributed by atoms with E-state index in [1.54, 1.807) is 32.6 Å². The number of hydrogen-bond donors (Lipinski definition) is 3. The second-order valence-electron chi connectivity index (χ2n) is 5.70. The van der Waals surface area contributed by atoms with Gasteiger partial charge in [-0.3, -0.25) is 0 Å². The predicted molar refractivity (Wildman–Crippen MR) is 102 cm³/mol. The Morgan fingerprint density at radius 3 is 2.67 bits per heavy atom. The van der Waals surface area contributed by atoms with Crippen LogP contribution in [0.3, 0.4) is 0 Å². The molecule has 0 bridgehead atoms. The zero-order valence-corrected chi connectivity index (χ0v) is 15.2. The molecule has 142 valence electrons. The average Bonchev–Trinajstić information content (AvgIpc) is 3.23. The van der Waals surface area contributed by atoms with E-state index in [9.17, 15) is 5.11 Å². The third kappa shape index (κ3) is 4.68. The summed E-state index contributed by atoms with van der Waals surface area (Å²) in [6.45, 7) is 0.0254. The highest BCUT2D eigenvalue weighted by atomic mass is 16.5. The summed E-state index contributed by atoms with van der Waals surface area (Å²) in [6, 6.07) is 10.7. The number of hydrogen-bond acceptors (Lipinski definition) is 8. The number of rotatable bonds is 9. The Morgan fingerprint density at radius 1 is 1.11 bits per heavy atom. The maximum atomic E-state index is 9.31. The van der Waals surface area contributed by atoms with Crippen LogP contribution < -0.4 is 20.1 Å². The van der Waals surface area contributed by atoms with Crippen LogP contribution in [-0.2, 0) is 0 Å². The SMILES string of the molecule is COc1ccc(Nc2cc(NC(CCO)c3ccco3)ncn2)c(OC)c1. The van der Waals surface area contributed by atoms with E-state index in [4.69, 9.17) is 13.9 Å². The number of ether oxygens (including phenoxy) is 2. The molecule has 2 aromatic heterocycles. The molecule has 1 unspecified atom stereocenters. The summed E-state index contributed by atoms with van der Waals surface area (Å²) in [4.78, 5) is 8.49. The van der Waals surface area contributed by atoms with Crippen LogP contribution in [0.4, 0.5) is 17.3 Å². The lowest BCUT2D eigenvalue weighted by Gasteiger charge is -2.17. The van der Waals surface area contributed by atoms with E-state index in [0.717, 1.165) is 11.4 Å². The van der Waals surface area contributed by atoms with Crippen LogP contribution in [0, 0.1) is 0 Å². The van der Waals surface area contributed by atoms with Gasteiger partial charge in [-0.25, -0.2) is 9.97 Å². The number of aliphatic hydroxyl groups excluding tert-OH is 1. The Morgan fingerprint density at radius 2 is 1.96 bits per heavy atom. The van der Waals surface area contributed by atoms with Gasteiger partial charge in [-0.05, 0) is 30.7 Å². The number of nitrogens with zero attached hydrogens (tertiary/aromatic N) is 2. The van der Waals surface area contributed by atoms with E-state index >= 15 is 0 Å². The van der Waals surface area contributed by atoms with Crippen molar-refractivity contribution in [3.63, 3.8) is 0 Å². The Bertz CT molecular complexity index is 855. The number of aromatic nitrogens is 2. The molecule has 3 rings (SSSR count).